The van der Waals surface area contributed by atoms with Crippen molar-refractivity contribution in [3.63, 3.8) is 0 Å². The fourth-order valence-corrected chi connectivity index (χ4v) is 1.82. The summed E-state index contributed by atoms with van der Waals surface area (Å²) in [6.07, 6.45) is 0. The number of benzene rings is 1. The maximum absolute atomic E-state index is 13.5. The number of nitrogen functional groups attached to an aromatic ring is 1. The van der Waals surface area contributed by atoms with Crippen LogP contribution in [0.25, 0.3) is 0 Å². The molecule has 0 heterocycles. The summed E-state index contributed by atoms with van der Waals surface area (Å²) in [4.78, 5) is 1.77. The van der Waals surface area contributed by atoms with Gasteiger partial charge in [-0.25, -0.2) is 8.78 Å². The van der Waals surface area contributed by atoms with Gasteiger partial charge in [0, 0.05) is 32.4 Å². The summed E-state index contributed by atoms with van der Waals surface area (Å²) in [6.45, 7) is 6.86. The molecule has 0 amide bonds. The number of ether oxygens (including phenoxy) is 2. The van der Waals surface area contributed by atoms with E-state index in [2.05, 4.69) is 0 Å². The average molecular weight is 288 g/mol. The molecule has 6 heteroatoms. The summed E-state index contributed by atoms with van der Waals surface area (Å²) in [6, 6.07) is 2.01. The van der Waals surface area contributed by atoms with Crippen molar-refractivity contribution in [2.75, 3.05) is 50.2 Å². The molecule has 4 nitrogen and oxygen atoms in total. The summed E-state index contributed by atoms with van der Waals surface area (Å²) in [5.74, 6) is -1.40. The van der Waals surface area contributed by atoms with E-state index >= 15 is 0 Å². The lowest BCUT2D eigenvalue weighted by atomic mass is 10.2. The van der Waals surface area contributed by atoms with Crippen molar-refractivity contribution in [3.8, 4) is 0 Å². The fraction of sp³-hybridized carbons (Fsp3) is 0.571. The Kier molecular flexibility index (Phi) is 7.25. The van der Waals surface area contributed by atoms with Gasteiger partial charge < -0.3 is 20.1 Å². The van der Waals surface area contributed by atoms with E-state index in [-0.39, 0.29) is 5.69 Å². The minimum Gasteiger partial charge on any atom is -0.395 e. The Morgan fingerprint density at radius 1 is 1.05 bits per heavy atom. The monoisotopic (exact) mass is 288 g/mol. The van der Waals surface area contributed by atoms with Crippen LogP contribution in [0, 0.1) is 11.6 Å². The van der Waals surface area contributed by atoms with Crippen LogP contribution in [0.2, 0.25) is 0 Å². The predicted octanol–water partition coefficient (Wildman–Crippen LogP) is 2.43. The number of nitrogens with two attached hydrogens (primary N) is 1. The van der Waals surface area contributed by atoms with Gasteiger partial charge in [-0.2, -0.15) is 0 Å². The van der Waals surface area contributed by atoms with Crippen LogP contribution in [0.4, 0.5) is 20.2 Å². The Labute approximate surface area is 118 Å². The first-order valence-corrected chi connectivity index (χ1v) is 6.75. The molecule has 0 bridgehead atoms. The zero-order valence-corrected chi connectivity index (χ0v) is 12.0. The summed E-state index contributed by atoms with van der Waals surface area (Å²) in [5, 5.41) is 0. The molecule has 0 fully saturated rings. The van der Waals surface area contributed by atoms with Gasteiger partial charge in [-0.1, -0.05) is 0 Å². The molecule has 0 aliphatic heterocycles. The molecule has 1 aromatic rings. The molecular weight excluding hydrogens is 266 g/mol. The van der Waals surface area contributed by atoms with Crippen LogP contribution in [0.1, 0.15) is 13.8 Å². The second-order valence-electron chi connectivity index (χ2n) is 4.20. The third-order valence-corrected chi connectivity index (χ3v) is 2.83. The van der Waals surface area contributed by atoms with Crippen molar-refractivity contribution in [1.82, 2.24) is 0 Å². The fourth-order valence-electron chi connectivity index (χ4n) is 1.82. The number of anilines is 2. The minimum atomic E-state index is -0.752. The predicted molar refractivity (Wildman–Crippen MR) is 76.0 cm³/mol. The summed E-state index contributed by atoms with van der Waals surface area (Å²) in [7, 11) is 0. The first-order chi connectivity index (χ1) is 9.60. The Bertz CT molecular complexity index is 406. The molecule has 2 N–H and O–H groups in total. The molecule has 0 aromatic heterocycles. The van der Waals surface area contributed by atoms with E-state index in [1.165, 1.54) is 6.07 Å². The van der Waals surface area contributed by atoms with Crippen molar-refractivity contribution < 1.29 is 18.3 Å². The molecule has 20 heavy (non-hydrogen) atoms. The Hall–Kier alpha value is -1.40. The van der Waals surface area contributed by atoms with Crippen LogP contribution in [0.3, 0.4) is 0 Å². The van der Waals surface area contributed by atoms with Gasteiger partial charge in [0.05, 0.1) is 24.6 Å². The van der Waals surface area contributed by atoms with Gasteiger partial charge in [0.15, 0.2) is 5.82 Å². The van der Waals surface area contributed by atoms with Crippen LogP contribution in [0.15, 0.2) is 12.1 Å². The molecule has 0 radical (unpaired) electrons. The standard InChI is InChI=1S/C14H22F2N2O2/c1-3-19-7-5-18(6-8-20-4-2)13-10-11(15)9-12(16)14(13)17/h9-10H,3-8,17H2,1-2H3. The minimum absolute atomic E-state index is 0.0561. The van der Waals surface area contributed by atoms with Gasteiger partial charge in [0.2, 0.25) is 0 Å². The van der Waals surface area contributed by atoms with E-state index in [0.717, 1.165) is 6.07 Å². The highest BCUT2D eigenvalue weighted by atomic mass is 19.1. The first kappa shape index (κ1) is 16.7. The van der Waals surface area contributed by atoms with Crippen molar-refractivity contribution >= 4 is 11.4 Å². The highest BCUT2D eigenvalue weighted by Gasteiger charge is 2.15. The molecule has 0 aliphatic rings. The van der Waals surface area contributed by atoms with Crippen LogP contribution in [-0.2, 0) is 9.47 Å². The Balaban J connectivity index is 2.84. The maximum Gasteiger partial charge on any atom is 0.151 e. The molecule has 1 aromatic carbocycles. The topological polar surface area (TPSA) is 47.7 Å². The largest absolute Gasteiger partial charge is 0.395 e. The lowest BCUT2D eigenvalue weighted by molar-refractivity contribution is 0.141. The third-order valence-electron chi connectivity index (χ3n) is 2.83. The lowest BCUT2D eigenvalue weighted by Crippen LogP contribution is -2.32. The van der Waals surface area contributed by atoms with Crippen molar-refractivity contribution in [3.05, 3.63) is 23.8 Å². The van der Waals surface area contributed by atoms with E-state index in [1.54, 1.807) is 4.90 Å². The van der Waals surface area contributed by atoms with Crippen LogP contribution >= 0.6 is 0 Å². The molecular formula is C14H22F2N2O2. The molecule has 0 aliphatic carbocycles. The van der Waals surface area contributed by atoms with E-state index in [1.807, 2.05) is 13.8 Å². The van der Waals surface area contributed by atoms with Gasteiger partial charge in [-0.3, -0.25) is 0 Å². The second kappa shape index (κ2) is 8.71. The van der Waals surface area contributed by atoms with Crippen LogP contribution in [-0.4, -0.2) is 39.5 Å². The summed E-state index contributed by atoms with van der Waals surface area (Å²) < 4.78 is 37.4. The van der Waals surface area contributed by atoms with Crippen molar-refractivity contribution in [2.24, 2.45) is 0 Å². The first-order valence-electron chi connectivity index (χ1n) is 6.75. The molecule has 0 unspecified atom stereocenters. The quantitative estimate of drug-likeness (QED) is 0.560. The van der Waals surface area contributed by atoms with Gasteiger partial charge >= 0.3 is 0 Å². The smallest absolute Gasteiger partial charge is 0.151 e. The number of nitrogens with zero attached hydrogens (tertiary/aromatic N) is 1. The van der Waals surface area contributed by atoms with Gasteiger partial charge in [-0.05, 0) is 19.9 Å². The van der Waals surface area contributed by atoms with Crippen molar-refractivity contribution in [1.29, 1.82) is 0 Å². The highest BCUT2D eigenvalue weighted by Crippen LogP contribution is 2.27. The third kappa shape index (κ3) is 4.94. The van der Waals surface area contributed by atoms with E-state index in [4.69, 9.17) is 15.2 Å². The Morgan fingerprint density at radius 2 is 1.60 bits per heavy atom. The summed E-state index contributed by atoms with van der Waals surface area (Å²) in [5.41, 5.74) is 5.97. The van der Waals surface area contributed by atoms with E-state index in [9.17, 15) is 8.78 Å². The average Bonchev–Trinajstić information content (AvgIpc) is 2.41. The molecule has 114 valence electrons. The molecule has 0 saturated heterocycles. The van der Waals surface area contributed by atoms with Gasteiger partial charge in [-0.15, -0.1) is 0 Å². The molecule has 0 saturated carbocycles. The van der Waals surface area contributed by atoms with E-state index < -0.39 is 11.6 Å². The van der Waals surface area contributed by atoms with E-state index in [0.29, 0.717) is 45.2 Å². The lowest BCUT2D eigenvalue weighted by Gasteiger charge is -2.26. The molecule has 0 atom stereocenters. The van der Waals surface area contributed by atoms with Gasteiger partial charge in [0.1, 0.15) is 5.82 Å². The van der Waals surface area contributed by atoms with Crippen LogP contribution < -0.4 is 10.6 Å². The zero-order valence-electron chi connectivity index (χ0n) is 12.0. The number of halogens is 2. The SMILES string of the molecule is CCOCCN(CCOCC)c1cc(F)cc(F)c1N. The zero-order chi connectivity index (χ0) is 15.0. The van der Waals surface area contributed by atoms with Gasteiger partial charge in [0.25, 0.3) is 0 Å². The second-order valence-corrected chi connectivity index (χ2v) is 4.20. The normalized spacial score (nSPS) is 10.8. The molecule has 0 spiro atoms. The molecule has 1 rings (SSSR count). The Morgan fingerprint density at radius 3 is 2.10 bits per heavy atom. The van der Waals surface area contributed by atoms with Crippen LogP contribution in [0.5, 0.6) is 0 Å². The number of hydrogen-bond donors (Lipinski definition) is 1. The number of hydrogen-bond acceptors (Lipinski definition) is 4. The maximum atomic E-state index is 13.5. The van der Waals surface area contributed by atoms with Crippen molar-refractivity contribution in [2.45, 2.75) is 13.8 Å². The highest BCUT2D eigenvalue weighted by molar-refractivity contribution is 5.68. The summed E-state index contributed by atoms with van der Waals surface area (Å²) >= 11 is 0. The number of rotatable bonds is 9.